The fourth-order valence-electron chi connectivity index (χ4n) is 6.20. The number of hydrogen-bond acceptors (Lipinski definition) is 1. The average Bonchev–Trinajstić information content (AvgIpc) is 3.03. The Morgan fingerprint density at radius 3 is 1.89 bits per heavy atom. The van der Waals surface area contributed by atoms with Crippen molar-refractivity contribution in [3.05, 3.63) is 119 Å². The third-order valence-electron chi connectivity index (χ3n) is 8.79. The van der Waals surface area contributed by atoms with Crippen LogP contribution in [0.4, 0.5) is 35.1 Å². The van der Waals surface area contributed by atoms with Crippen molar-refractivity contribution in [2.24, 2.45) is 5.92 Å². The second-order valence-electron chi connectivity index (χ2n) is 12.1. The maximum absolute atomic E-state index is 15.0. The highest BCUT2D eigenvalue weighted by Gasteiger charge is 2.29. The number of ether oxygens (including phenoxy) is 1. The van der Waals surface area contributed by atoms with E-state index in [2.05, 4.69) is 11.7 Å². The van der Waals surface area contributed by atoms with Gasteiger partial charge in [-0.25, -0.2) is 26.3 Å². The molecule has 4 aromatic rings. The number of hydrogen-bond donors (Lipinski definition) is 0. The molecule has 47 heavy (non-hydrogen) atoms. The summed E-state index contributed by atoms with van der Waals surface area (Å²) in [6.07, 6.45) is 6.25. The van der Waals surface area contributed by atoms with Crippen LogP contribution >= 0.6 is 0 Å². The van der Waals surface area contributed by atoms with Gasteiger partial charge in [-0.3, -0.25) is 0 Å². The Balaban J connectivity index is 1.23. The smallest absolute Gasteiger partial charge is 0.419 e. The van der Waals surface area contributed by atoms with Gasteiger partial charge in [-0.15, -0.1) is 0 Å². The lowest BCUT2D eigenvalue weighted by molar-refractivity contribution is -0.131. The summed E-state index contributed by atoms with van der Waals surface area (Å²) < 4.78 is 119. The molecular formula is C38H34F8O. The van der Waals surface area contributed by atoms with Crippen molar-refractivity contribution >= 4 is 6.08 Å². The van der Waals surface area contributed by atoms with E-state index in [-0.39, 0.29) is 17.2 Å². The quantitative estimate of drug-likeness (QED) is 0.0885. The predicted octanol–water partition coefficient (Wildman–Crippen LogP) is 12.4. The highest BCUT2D eigenvalue weighted by atomic mass is 19.3. The van der Waals surface area contributed by atoms with Crippen molar-refractivity contribution in [3.8, 4) is 28.0 Å². The lowest BCUT2D eigenvalue weighted by atomic mass is 9.77. The van der Waals surface area contributed by atoms with Crippen molar-refractivity contribution in [1.82, 2.24) is 0 Å². The summed E-state index contributed by atoms with van der Waals surface area (Å²) in [5, 5.41) is 0. The summed E-state index contributed by atoms with van der Waals surface area (Å²) in [5.41, 5.74) is 0.553. The molecule has 0 atom stereocenters. The van der Waals surface area contributed by atoms with E-state index in [9.17, 15) is 35.1 Å². The molecular weight excluding hydrogens is 624 g/mol. The lowest BCUT2D eigenvalue weighted by Gasteiger charge is -2.29. The largest absolute Gasteiger partial charge is 0.429 e. The zero-order chi connectivity index (χ0) is 33.7. The van der Waals surface area contributed by atoms with Crippen LogP contribution in [0.2, 0.25) is 0 Å². The molecule has 0 bridgehead atoms. The first-order chi connectivity index (χ1) is 22.4. The molecule has 1 aliphatic rings. The summed E-state index contributed by atoms with van der Waals surface area (Å²) in [7, 11) is 0. The Labute approximate surface area is 268 Å². The second kappa shape index (κ2) is 14.7. The number of rotatable bonds is 11. The summed E-state index contributed by atoms with van der Waals surface area (Å²) in [5.74, 6) is -7.59. The predicted molar refractivity (Wildman–Crippen MR) is 167 cm³/mol. The van der Waals surface area contributed by atoms with Gasteiger partial charge in [0.15, 0.2) is 17.5 Å². The van der Waals surface area contributed by atoms with E-state index in [1.165, 1.54) is 44.1 Å². The Hall–Kier alpha value is -4.14. The zero-order valence-electron chi connectivity index (χ0n) is 25.7. The van der Waals surface area contributed by atoms with E-state index < -0.39 is 57.9 Å². The molecule has 1 aliphatic carbocycles. The molecule has 0 N–H and O–H groups in total. The van der Waals surface area contributed by atoms with Gasteiger partial charge < -0.3 is 4.74 Å². The van der Waals surface area contributed by atoms with E-state index in [1.807, 2.05) is 24.3 Å². The van der Waals surface area contributed by atoms with Crippen LogP contribution in [0, 0.1) is 40.8 Å². The van der Waals surface area contributed by atoms with E-state index in [0.29, 0.717) is 35.8 Å². The summed E-state index contributed by atoms with van der Waals surface area (Å²) in [6.45, 7) is 2.21. The number of benzene rings is 4. The molecule has 0 amide bonds. The lowest BCUT2D eigenvalue weighted by Crippen LogP contribution is -2.21. The van der Waals surface area contributed by atoms with Gasteiger partial charge in [0.2, 0.25) is 0 Å². The minimum atomic E-state index is -4.12. The van der Waals surface area contributed by atoms with Crippen LogP contribution in [0.5, 0.6) is 5.75 Å². The summed E-state index contributed by atoms with van der Waals surface area (Å²) in [4.78, 5) is 0. The van der Waals surface area contributed by atoms with E-state index in [1.54, 1.807) is 0 Å². The number of unbranched alkanes of at least 4 members (excludes halogenated alkanes) is 2. The van der Waals surface area contributed by atoms with Crippen LogP contribution in [-0.2, 0) is 0 Å². The van der Waals surface area contributed by atoms with Gasteiger partial charge in [0.25, 0.3) is 0 Å². The van der Waals surface area contributed by atoms with Crippen LogP contribution in [0.25, 0.3) is 28.3 Å². The average molecular weight is 659 g/mol. The monoisotopic (exact) mass is 658 g/mol. The molecule has 248 valence electrons. The SMILES string of the molecule is CCCCCC1CCC(c2ccc(-c3cc(F)c(/C=C/C(F)(F)Oc4ccc(-c5cc(F)c(F)c(F)c5)c(F)c4)c(F)c3)cc2)CC1. The molecule has 0 aromatic heterocycles. The van der Waals surface area contributed by atoms with Crippen molar-refractivity contribution in [2.75, 3.05) is 0 Å². The fraction of sp³-hybridized carbons (Fsp3) is 0.316. The van der Waals surface area contributed by atoms with Crippen molar-refractivity contribution in [1.29, 1.82) is 0 Å². The molecule has 1 saturated carbocycles. The maximum atomic E-state index is 15.0. The minimum Gasteiger partial charge on any atom is -0.429 e. The van der Waals surface area contributed by atoms with Gasteiger partial charge in [-0.1, -0.05) is 56.9 Å². The minimum absolute atomic E-state index is 0.123. The van der Waals surface area contributed by atoms with Crippen LogP contribution in [-0.4, -0.2) is 6.11 Å². The van der Waals surface area contributed by atoms with Crippen LogP contribution in [0.15, 0.2) is 72.8 Å². The fourth-order valence-corrected chi connectivity index (χ4v) is 6.20. The van der Waals surface area contributed by atoms with Crippen molar-refractivity contribution in [2.45, 2.75) is 70.3 Å². The normalized spacial score (nSPS) is 17.0. The third kappa shape index (κ3) is 8.42. The Kier molecular flexibility index (Phi) is 10.7. The second-order valence-corrected chi connectivity index (χ2v) is 12.1. The van der Waals surface area contributed by atoms with Gasteiger partial charge in [0.1, 0.15) is 23.2 Å². The third-order valence-corrected chi connectivity index (χ3v) is 8.79. The Bertz CT molecular complexity index is 1680. The topological polar surface area (TPSA) is 9.23 Å². The first kappa shape index (κ1) is 34.2. The molecule has 5 rings (SSSR count). The van der Waals surface area contributed by atoms with Crippen LogP contribution in [0.3, 0.4) is 0 Å². The molecule has 0 radical (unpaired) electrons. The van der Waals surface area contributed by atoms with Crippen LogP contribution < -0.4 is 4.74 Å². The first-order valence-electron chi connectivity index (χ1n) is 15.7. The molecule has 1 fully saturated rings. The molecule has 0 spiro atoms. The Morgan fingerprint density at radius 1 is 0.681 bits per heavy atom. The molecule has 0 aliphatic heterocycles. The number of halogens is 8. The van der Waals surface area contributed by atoms with Gasteiger partial charge in [-0.05, 0) is 102 Å². The van der Waals surface area contributed by atoms with Crippen molar-refractivity contribution in [3.63, 3.8) is 0 Å². The zero-order valence-corrected chi connectivity index (χ0v) is 25.7. The molecule has 1 nitrogen and oxygen atoms in total. The van der Waals surface area contributed by atoms with Crippen molar-refractivity contribution < 1.29 is 39.9 Å². The van der Waals surface area contributed by atoms with E-state index >= 15 is 0 Å². The maximum Gasteiger partial charge on any atom is 0.419 e. The molecule has 0 saturated heterocycles. The highest BCUT2D eigenvalue weighted by Crippen LogP contribution is 2.39. The standard InChI is InChI=1S/C38H34F8O/c1-2-3-4-5-23-6-8-24(9-7-23)25-10-12-26(13-11-25)27-18-32(39)31(33(40)19-27)16-17-38(45,46)47-29-14-15-30(34(41)22-29)28-20-35(42)37(44)36(43)21-28/h10-24H,2-9H2,1H3/b17-16+. The molecule has 0 unspecified atom stereocenters. The van der Waals surface area contributed by atoms with E-state index in [4.69, 9.17) is 0 Å². The van der Waals surface area contributed by atoms with Gasteiger partial charge >= 0.3 is 6.11 Å². The van der Waals surface area contributed by atoms with Gasteiger partial charge in [0, 0.05) is 23.3 Å². The first-order valence-corrected chi connectivity index (χ1v) is 15.7. The van der Waals surface area contributed by atoms with E-state index in [0.717, 1.165) is 43.0 Å². The number of alkyl halides is 2. The summed E-state index contributed by atoms with van der Waals surface area (Å²) >= 11 is 0. The molecule has 4 aromatic carbocycles. The molecule has 0 heterocycles. The van der Waals surface area contributed by atoms with Gasteiger partial charge in [-0.2, -0.15) is 8.78 Å². The van der Waals surface area contributed by atoms with Crippen LogP contribution in [0.1, 0.15) is 75.3 Å². The summed E-state index contributed by atoms with van der Waals surface area (Å²) in [6, 6.07) is 13.2. The van der Waals surface area contributed by atoms with Gasteiger partial charge in [0.05, 0.1) is 0 Å². The Morgan fingerprint density at radius 2 is 1.30 bits per heavy atom. The highest BCUT2D eigenvalue weighted by molar-refractivity contribution is 5.67. The molecule has 9 heteroatoms.